The van der Waals surface area contributed by atoms with Crippen molar-refractivity contribution >= 4 is 35.3 Å². The van der Waals surface area contributed by atoms with Crippen molar-refractivity contribution in [3.63, 3.8) is 0 Å². The Morgan fingerprint density at radius 3 is 2.59 bits per heavy atom. The van der Waals surface area contributed by atoms with Crippen LogP contribution in [0.3, 0.4) is 0 Å². The van der Waals surface area contributed by atoms with Crippen LogP contribution in [-0.2, 0) is 11.3 Å². The minimum Gasteiger partial charge on any atom is -0.497 e. The number of amides is 2. The summed E-state index contributed by atoms with van der Waals surface area (Å²) < 4.78 is 5.18. The average molecular weight is 474 g/mol. The van der Waals surface area contributed by atoms with Crippen LogP contribution in [0.5, 0.6) is 5.75 Å². The van der Waals surface area contributed by atoms with Gasteiger partial charge in [0.05, 0.1) is 17.7 Å². The van der Waals surface area contributed by atoms with Gasteiger partial charge in [-0.25, -0.2) is 0 Å². The fourth-order valence-corrected chi connectivity index (χ4v) is 4.52. The average Bonchev–Trinajstić information content (AvgIpc) is 2.85. The van der Waals surface area contributed by atoms with Gasteiger partial charge in [-0.15, -0.1) is 0 Å². The molecule has 3 aromatic rings. The van der Waals surface area contributed by atoms with Crippen molar-refractivity contribution in [2.45, 2.75) is 11.4 Å². The minimum atomic E-state index is -0.187. The molecule has 34 heavy (non-hydrogen) atoms. The van der Waals surface area contributed by atoms with Gasteiger partial charge in [-0.2, -0.15) is 0 Å². The van der Waals surface area contributed by atoms with Gasteiger partial charge in [-0.3, -0.25) is 9.59 Å². The second kappa shape index (κ2) is 11.0. The highest BCUT2D eigenvalue weighted by Gasteiger charge is 2.22. The number of rotatable bonds is 8. The topological polar surface area (TPSA) is 70.7 Å². The van der Waals surface area contributed by atoms with E-state index >= 15 is 0 Å². The molecule has 0 saturated carbocycles. The number of methoxy groups -OCH3 is 1. The number of hydrogen-bond donors (Lipinski definition) is 2. The number of carbonyl (C=O) groups is 2. The Kier molecular flexibility index (Phi) is 7.67. The molecular formula is C27H27N3O3S. The number of fused-ring (bicyclic) bond motifs is 1. The molecule has 4 rings (SSSR count). The second-order valence-corrected chi connectivity index (χ2v) is 9.11. The summed E-state index contributed by atoms with van der Waals surface area (Å²) in [4.78, 5) is 28.9. The van der Waals surface area contributed by atoms with Crippen LogP contribution in [-0.4, -0.2) is 44.0 Å². The minimum absolute atomic E-state index is 0.158. The lowest BCUT2D eigenvalue weighted by atomic mass is 10.1. The summed E-state index contributed by atoms with van der Waals surface area (Å²) >= 11 is 1.39. The van der Waals surface area contributed by atoms with Crippen LogP contribution in [0.1, 0.15) is 21.5 Å². The van der Waals surface area contributed by atoms with Crippen molar-refractivity contribution in [1.82, 2.24) is 10.2 Å². The molecule has 0 spiro atoms. The van der Waals surface area contributed by atoms with E-state index in [1.165, 1.54) is 17.3 Å². The molecule has 1 aliphatic heterocycles. The highest BCUT2D eigenvalue weighted by atomic mass is 32.2. The maximum atomic E-state index is 12.6. The van der Waals surface area contributed by atoms with E-state index in [0.29, 0.717) is 22.7 Å². The number of benzene rings is 3. The van der Waals surface area contributed by atoms with Gasteiger partial charge in [-0.1, -0.05) is 54.2 Å². The van der Waals surface area contributed by atoms with Crippen molar-refractivity contribution < 1.29 is 14.3 Å². The Morgan fingerprint density at radius 2 is 1.85 bits per heavy atom. The number of thioether (sulfide) groups is 1. The Morgan fingerprint density at radius 1 is 1.09 bits per heavy atom. The van der Waals surface area contributed by atoms with Gasteiger partial charge >= 0.3 is 0 Å². The Balaban J connectivity index is 1.34. The number of nitrogens with one attached hydrogen (secondary N) is 2. The SMILES string of the molecule is COc1ccc(/C=C2/Sc3ccc(C(=O)NCCN(C)Cc4ccccc4)cc3NC2=O)cc1. The maximum absolute atomic E-state index is 12.6. The molecule has 1 aliphatic rings. The van der Waals surface area contributed by atoms with Gasteiger partial charge in [0.1, 0.15) is 5.75 Å². The molecule has 2 N–H and O–H groups in total. The van der Waals surface area contributed by atoms with Crippen LogP contribution in [0, 0.1) is 0 Å². The van der Waals surface area contributed by atoms with E-state index in [-0.39, 0.29) is 11.8 Å². The molecule has 0 bridgehead atoms. The summed E-state index contributed by atoms with van der Waals surface area (Å²) in [5.74, 6) is 0.421. The first-order valence-electron chi connectivity index (χ1n) is 11.0. The largest absolute Gasteiger partial charge is 0.497 e. The summed E-state index contributed by atoms with van der Waals surface area (Å²) in [7, 11) is 3.65. The van der Waals surface area contributed by atoms with Gasteiger partial charge in [0.15, 0.2) is 0 Å². The lowest BCUT2D eigenvalue weighted by molar-refractivity contribution is -0.112. The second-order valence-electron chi connectivity index (χ2n) is 8.03. The molecule has 0 fully saturated rings. The first kappa shape index (κ1) is 23.6. The molecule has 3 aromatic carbocycles. The first-order valence-corrected chi connectivity index (χ1v) is 11.8. The fourth-order valence-electron chi connectivity index (χ4n) is 3.59. The third-order valence-corrected chi connectivity index (χ3v) is 6.52. The van der Waals surface area contributed by atoms with Crippen LogP contribution in [0.4, 0.5) is 5.69 Å². The van der Waals surface area contributed by atoms with Crippen LogP contribution >= 0.6 is 11.8 Å². The van der Waals surface area contributed by atoms with Crippen molar-refractivity contribution in [3.05, 3.63) is 94.4 Å². The zero-order valence-corrected chi connectivity index (χ0v) is 20.0. The smallest absolute Gasteiger partial charge is 0.262 e. The van der Waals surface area contributed by atoms with E-state index in [4.69, 9.17) is 4.74 Å². The Labute approximate surface area is 204 Å². The number of carbonyl (C=O) groups excluding carboxylic acids is 2. The predicted molar refractivity (Wildman–Crippen MR) is 137 cm³/mol. The van der Waals surface area contributed by atoms with Crippen LogP contribution < -0.4 is 15.4 Å². The monoisotopic (exact) mass is 473 g/mol. The highest BCUT2D eigenvalue weighted by Crippen LogP contribution is 2.39. The molecule has 174 valence electrons. The van der Waals surface area contributed by atoms with Crippen molar-refractivity contribution in [3.8, 4) is 5.75 Å². The molecule has 0 aromatic heterocycles. The fraction of sp³-hybridized carbons (Fsp3) is 0.185. The van der Waals surface area contributed by atoms with E-state index in [2.05, 4.69) is 27.7 Å². The lowest BCUT2D eigenvalue weighted by Gasteiger charge is -2.20. The lowest BCUT2D eigenvalue weighted by Crippen LogP contribution is -2.32. The summed E-state index contributed by atoms with van der Waals surface area (Å²) in [6.45, 7) is 2.10. The number of nitrogens with zero attached hydrogens (tertiary/aromatic N) is 1. The van der Waals surface area contributed by atoms with Gasteiger partial charge in [-0.05, 0) is 54.6 Å². The molecule has 0 radical (unpaired) electrons. The quantitative estimate of drug-likeness (QED) is 0.467. The van der Waals surface area contributed by atoms with Crippen molar-refractivity contribution in [1.29, 1.82) is 0 Å². The van der Waals surface area contributed by atoms with Crippen molar-refractivity contribution in [2.24, 2.45) is 0 Å². The van der Waals surface area contributed by atoms with E-state index in [1.54, 1.807) is 19.2 Å². The summed E-state index contributed by atoms with van der Waals surface area (Å²) in [6, 6.07) is 23.1. The van der Waals surface area contributed by atoms with Crippen molar-refractivity contribution in [2.75, 3.05) is 32.6 Å². The molecule has 0 aliphatic carbocycles. The number of hydrogen-bond acceptors (Lipinski definition) is 5. The molecule has 0 saturated heterocycles. The highest BCUT2D eigenvalue weighted by molar-refractivity contribution is 8.04. The Bertz CT molecular complexity index is 1190. The third kappa shape index (κ3) is 6.07. The number of anilines is 1. The number of likely N-dealkylation sites (N-methyl/N-ethyl adjacent to an activating group) is 1. The molecule has 6 nitrogen and oxygen atoms in total. The maximum Gasteiger partial charge on any atom is 0.262 e. The molecule has 2 amide bonds. The molecule has 1 heterocycles. The van der Waals surface area contributed by atoms with Gasteiger partial charge in [0.25, 0.3) is 11.8 Å². The van der Waals surface area contributed by atoms with Crippen LogP contribution in [0.2, 0.25) is 0 Å². The zero-order chi connectivity index (χ0) is 23.9. The summed E-state index contributed by atoms with van der Waals surface area (Å²) in [6.07, 6.45) is 1.84. The molecule has 0 unspecified atom stereocenters. The number of ether oxygens (including phenoxy) is 1. The van der Waals surface area contributed by atoms with E-state index in [1.807, 2.05) is 61.7 Å². The first-order chi connectivity index (χ1) is 16.5. The normalized spacial score (nSPS) is 14.0. The molecule has 7 heteroatoms. The Hall–Kier alpha value is -3.55. The van der Waals surface area contributed by atoms with E-state index in [0.717, 1.165) is 29.3 Å². The summed E-state index contributed by atoms with van der Waals surface area (Å²) in [5, 5.41) is 5.87. The van der Waals surface area contributed by atoms with E-state index < -0.39 is 0 Å². The van der Waals surface area contributed by atoms with Gasteiger partial charge < -0.3 is 20.3 Å². The zero-order valence-electron chi connectivity index (χ0n) is 19.2. The standard InChI is InChI=1S/C27H27N3O3S/c1-30(18-20-6-4-3-5-7-20)15-14-28-26(31)21-10-13-24-23(17-21)29-27(32)25(34-24)16-19-8-11-22(33-2)12-9-19/h3-13,16-17H,14-15,18H2,1-2H3,(H,28,31)(H,29,32)/b25-16+. The van der Waals surface area contributed by atoms with Crippen LogP contribution in [0.25, 0.3) is 6.08 Å². The predicted octanol–water partition coefficient (Wildman–Crippen LogP) is 4.64. The van der Waals surface area contributed by atoms with E-state index in [9.17, 15) is 9.59 Å². The summed E-state index contributed by atoms with van der Waals surface area (Å²) in [5.41, 5.74) is 3.32. The van der Waals surface area contributed by atoms with Gasteiger partial charge in [0, 0.05) is 30.1 Å². The van der Waals surface area contributed by atoms with Gasteiger partial charge in [0.2, 0.25) is 0 Å². The molecule has 0 atom stereocenters. The van der Waals surface area contributed by atoms with Crippen LogP contribution in [0.15, 0.2) is 82.6 Å². The third-order valence-electron chi connectivity index (χ3n) is 5.42. The molecular weight excluding hydrogens is 446 g/mol.